The normalized spacial score (nSPS) is 10.8. The number of halogens is 1. The molecule has 0 aliphatic heterocycles. The highest BCUT2D eigenvalue weighted by Gasteiger charge is 2.15. The molecule has 0 aliphatic rings. The lowest BCUT2D eigenvalue weighted by molar-refractivity contribution is 0.416. The lowest BCUT2D eigenvalue weighted by Crippen LogP contribution is -1.95. The van der Waals surface area contributed by atoms with Gasteiger partial charge in [-0.15, -0.1) is 0 Å². The molecule has 0 N–H and O–H groups in total. The standard InChI is InChI=1S/C17H14FNO/c1-11-9-14(18)17(19-10-11)16-13-6-4-3-5-12(13)7-8-15(16)20-2/h3-10H,1-2H3. The van der Waals surface area contributed by atoms with Gasteiger partial charge in [-0.1, -0.05) is 30.3 Å². The first kappa shape index (κ1) is 12.6. The van der Waals surface area contributed by atoms with Crippen LogP contribution in [0.5, 0.6) is 5.75 Å². The molecule has 0 radical (unpaired) electrons. The zero-order valence-corrected chi connectivity index (χ0v) is 11.4. The third-order valence-corrected chi connectivity index (χ3v) is 3.33. The fourth-order valence-electron chi connectivity index (χ4n) is 2.38. The summed E-state index contributed by atoms with van der Waals surface area (Å²) in [5.74, 6) is 0.290. The second-order valence-corrected chi connectivity index (χ2v) is 4.71. The van der Waals surface area contributed by atoms with Crippen LogP contribution < -0.4 is 4.74 Å². The van der Waals surface area contributed by atoms with Crippen LogP contribution in [0.15, 0.2) is 48.7 Å². The molecule has 0 fully saturated rings. The molecule has 3 heteroatoms. The number of hydrogen-bond acceptors (Lipinski definition) is 2. The van der Waals surface area contributed by atoms with Gasteiger partial charge in [0.1, 0.15) is 17.3 Å². The number of nitrogens with zero attached hydrogens (tertiary/aromatic N) is 1. The highest BCUT2D eigenvalue weighted by molar-refractivity contribution is 5.99. The van der Waals surface area contributed by atoms with Gasteiger partial charge >= 0.3 is 0 Å². The Bertz CT molecular complexity index is 783. The molecule has 0 amide bonds. The van der Waals surface area contributed by atoms with Gasteiger partial charge in [-0.05, 0) is 35.4 Å². The van der Waals surface area contributed by atoms with Gasteiger partial charge in [0.2, 0.25) is 0 Å². The van der Waals surface area contributed by atoms with Crippen molar-refractivity contribution in [3.05, 3.63) is 60.0 Å². The van der Waals surface area contributed by atoms with Crippen LogP contribution in [0.2, 0.25) is 0 Å². The molecule has 0 saturated heterocycles. The van der Waals surface area contributed by atoms with E-state index in [1.165, 1.54) is 6.07 Å². The summed E-state index contributed by atoms with van der Waals surface area (Å²) in [4.78, 5) is 4.25. The molecule has 2 aromatic carbocycles. The van der Waals surface area contributed by atoms with Crippen LogP contribution >= 0.6 is 0 Å². The third-order valence-electron chi connectivity index (χ3n) is 3.33. The SMILES string of the molecule is COc1ccc2ccccc2c1-c1ncc(C)cc1F. The number of aromatic nitrogens is 1. The number of ether oxygens (including phenoxy) is 1. The summed E-state index contributed by atoms with van der Waals surface area (Å²) in [6, 6.07) is 13.1. The van der Waals surface area contributed by atoms with Gasteiger partial charge in [-0.2, -0.15) is 0 Å². The van der Waals surface area contributed by atoms with Crippen molar-refractivity contribution in [2.75, 3.05) is 7.11 Å². The molecule has 2 nitrogen and oxygen atoms in total. The van der Waals surface area contributed by atoms with Crippen molar-refractivity contribution in [2.45, 2.75) is 6.92 Å². The molecule has 100 valence electrons. The van der Waals surface area contributed by atoms with E-state index in [9.17, 15) is 4.39 Å². The lowest BCUT2D eigenvalue weighted by atomic mass is 10.00. The number of benzene rings is 2. The molecule has 0 unspecified atom stereocenters. The number of methoxy groups -OCH3 is 1. The predicted octanol–water partition coefficient (Wildman–Crippen LogP) is 4.36. The maximum Gasteiger partial charge on any atom is 0.149 e. The molecule has 3 aromatic rings. The van der Waals surface area contributed by atoms with E-state index < -0.39 is 0 Å². The Labute approximate surface area is 116 Å². The fourth-order valence-corrected chi connectivity index (χ4v) is 2.38. The first-order valence-electron chi connectivity index (χ1n) is 6.39. The summed E-state index contributed by atoms with van der Waals surface area (Å²) in [6.07, 6.45) is 1.67. The monoisotopic (exact) mass is 267 g/mol. The van der Waals surface area contributed by atoms with Crippen molar-refractivity contribution in [3.8, 4) is 17.0 Å². The minimum Gasteiger partial charge on any atom is -0.496 e. The van der Waals surface area contributed by atoms with Crippen LogP contribution in [0.4, 0.5) is 4.39 Å². The number of aryl methyl sites for hydroxylation is 1. The highest BCUT2D eigenvalue weighted by Crippen LogP contribution is 2.37. The van der Waals surface area contributed by atoms with Crippen molar-refractivity contribution in [2.24, 2.45) is 0 Å². The molecule has 1 aromatic heterocycles. The third kappa shape index (κ3) is 2.01. The Kier molecular flexibility index (Phi) is 3.11. The molecule has 0 atom stereocenters. The van der Waals surface area contributed by atoms with Crippen molar-refractivity contribution in [1.82, 2.24) is 4.98 Å². The van der Waals surface area contributed by atoms with Gasteiger partial charge in [0, 0.05) is 6.20 Å². The van der Waals surface area contributed by atoms with Crippen LogP contribution in [-0.2, 0) is 0 Å². The maximum absolute atomic E-state index is 14.3. The van der Waals surface area contributed by atoms with E-state index in [-0.39, 0.29) is 5.82 Å². The second kappa shape index (κ2) is 4.93. The quantitative estimate of drug-likeness (QED) is 0.688. The Balaban J connectivity index is 2.38. The molecule has 0 aliphatic carbocycles. The van der Waals surface area contributed by atoms with E-state index in [2.05, 4.69) is 4.98 Å². The summed E-state index contributed by atoms with van der Waals surface area (Å²) in [7, 11) is 1.58. The summed E-state index contributed by atoms with van der Waals surface area (Å²) in [5, 5.41) is 1.96. The van der Waals surface area contributed by atoms with Gasteiger partial charge in [-0.3, -0.25) is 4.98 Å². The molecule has 0 bridgehead atoms. The molecular weight excluding hydrogens is 253 g/mol. The van der Waals surface area contributed by atoms with Gasteiger partial charge < -0.3 is 4.74 Å². The topological polar surface area (TPSA) is 22.1 Å². The summed E-state index contributed by atoms with van der Waals surface area (Å²) >= 11 is 0. The van der Waals surface area contributed by atoms with E-state index in [1.807, 2.05) is 43.3 Å². The van der Waals surface area contributed by atoms with Crippen molar-refractivity contribution in [3.63, 3.8) is 0 Å². The zero-order chi connectivity index (χ0) is 14.1. The predicted molar refractivity (Wildman–Crippen MR) is 78.4 cm³/mol. The molecule has 0 saturated carbocycles. The fraction of sp³-hybridized carbons (Fsp3) is 0.118. The first-order chi connectivity index (χ1) is 9.70. The van der Waals surface area contributed by atoms with E-state index in [4.69, 9.17) is 4.74 Å². The summed E-state index contributed by atoms with van der Waals surface area (Å²) < 4.78 is 19.6. The Morgan fingerprint density at radius 1 is 1.10 bits per heavy atom. The number of fused-ring (bicyclic) bond motifs is 1. The molecular formula is C17H14FNO. The van der Waals surface area contributed by atoms with Crippen molar-refractivity contribution < 1.29 is 9.13 Å². The Hall–Kier alpha value is -2.42. The van der Waals surface area contributed by atoms with Gasteiger partial charge in [0.05, 0.1) is 12.7 Å². The van der Waals surface area contributed by atoms with Crippen LogP contribution in [0.1, 0.15) is 5.56 Å². The van der Waals surface area contributed by atoms with Gasteiger partial charge in [-0.25, -0.2) is 4.39 Å². The van der Waals surface area contributed by atoms with Gasteiger partial charge in [0.15, 0.2) is 0 Å². The van der Waals surface area contributed by atoms with E-state index in [0.717, 1.165) is 16.3 Å². The lowest BCUT2D eigenvalue weighted by Gasteiger charge is -2.12. The van der Waals surface area contributed by atoms with E-state index in [0.29, 0.717) is 17.0 Å². The largest absolute Gasteiger partial charge is 0.496 e. The van der Waals surface area contributed by atoms with Crippen molar-refractivity contribution >= 4 is 10.8 Å². The number of hydrogen-bond donors (Lipinski definition) is 0. The van der Waals surface area contributed by atoms with Crippen molar-refractivity contribution in [1.29, 1.82) is 0 Å². The van der Waals surface area contributed by atoms with Crippen LogP contribution in [0, 0.1) is 12.7 Å². The summed E-state index contributed by atoms with van der Waals surface area (Å²) in [6.45, 7) is 1.82. The maximum atomic E-state index is 14.3. The minimum absolute atomic E-state index is 0.323. The Morgan fingerprint density at radius 3 is 2.65 bits per heavy atom. The molecule has 0 spiro atoms. The highest BCUT2D eigenvalue weighted by atomic mass is 19.1. The van der Waals surface area contributed by atoms with E-state index in [1.54, 1.807) is 13.3 Å². The first-order valence-corrected chi connectivity index (χ1v) is 6.39. The number of rotatable bonds is 2. The summed E-state index contributed by atoms with van der Waals surface area (Å²) in [5.41, 5.74) is 1.82. The second-order valence-electron chi connectivity index (χ2n) is 4.71. The van der Waals surface area contributed by atoms with Crippen LogP contribution in [0.25, 0.3) is 22.0 Å². The zero-order valence-electron chi connectivity index (χ0n) is 11.4. The smallest absolute Gasteiger partial charge is 0.149 e. The van der Waals surface area contributed by atoms with Crippen LogP contribution in [-0.4, -0.2) is 12.1 Å². The molecule has 3 rings (SSSR count). The molecule has 1 heterocycles. The van der Waals surface area contributed by atoms with E-state index >= 15 is 0 Å². The number of pyridine rings is 1. The molecule has 20 heavy (non-hydrogen) atoms. The Morgan fingerprint density at radius 2 is 1.90 bits per heavy atom. The average molecular weight is 267 g/mol. The minimum atomic E-state index is -0.334. The van der Waals surface area contributed by atoms with Gasteiger partial charge in [0.25, 0.3) is 0 Å². The van der Waals surface area contributed by atoms with Crippen LogP contribution in [0.3, 0.4) is 0 Å². The average Bonchev–Trinajstić information content (AvgIpc) is 2.46.